The maximum absolute atomic E-state index is 12.4. The minimum atomic E-state index is -0.874. The average molecular weight is 279 g/mol. The Labute approximate surface area is 119 Å². The number of amides is 1. The van der Waals surface area contributed by atoms with Crippen LogP contribution in [-0.4, -0.2) is 59.5 Å². The summed E-state index contributed by atoms with van der Waals surface area (Å²) >= 11 is 0. The Morgan fingerprint density at radius 1 is 1.25 bits per heavy atom. The van der Waals surface area contributed by atoms with Crippen LogP contribution in [0.25, 0.3) is 0 Å². The van der Waals surface area contributed by atoms with Crippen LogP contribution >= 0.6 is 0 Å². The predicted molar refractivity (Wildman–Crippen MR) is 71.6 cm³/mol. The third-order valence-electron chi connectivity index (χ3n) is 4.58. The van der Waals surface area contributed by atoms with Crippen molar-refractivity contribution < 1.29 is 14.7 Å². The van der Waals surface area contributed by atoms with Crippen molar-refractivity contribution in [1.82, 2.24) is 9.80 Å². The van der Waals surface area contributed by atoms with Gasteiger partial charge < -0.3 is 10.0 Å². The summed E-state index contributed by atoms with van der Waals surface area (Å²) in [5.41, 5.74) is -0.430. The Hall–Kier alpha value is -1.61. The van der Waals surface area contributed by atoms with Crippen LogP contribution in [-0.2, 0) is 9.59 Å². The summed E-state index contributed by atoms with van der Waals surface area (Å²) in [5, 5.41) is 17.7. The van der Waals surface area contributed by atoms with Gasteiger partial charge in [-0.05, 0) is 5.41 Å². The summed E-state index contributed by atoms with van der Waals surface area (Å²) < 4.78 is 0. The van der Waals surface area contributed by atoms with Crippen molar-refractivity contribution in [3.8, 4) is 6.07 Å². The van der Waals surface area contributed by atoms with Gasteiger partial charge in [0, 0.05) is 39.1 Å². The molecule has 0 aromatic heterocycles. The Balaban J connectivity index is 1.87. The SMILES string of the molecule is CC1(C)[C@H](C(=O)O)[C@H]1C(=O)N1CCN(CCC#N)CC1. The number of nitrogens with zero attached hydrogens (tertiary/aromatic N) is 3. The number of nitriles is 1. The number of carboxylic acid groups (broad SMARTS) is 1. The normalized spacial score (nSPS) is 28.8. The van der Waals surface area contributed by atoms with Crippen LogP contribution in [0.1, 0.15) is 20.3 Å². The molecule has 0 unspecified atom stereocenters. The third kappa shape index (κ3) is 2.63. The molecule has 0 bridgehead atoms. The van der Waals surface area contributed by atoms with Crippen LogP contribution in [0.2, 0.25) is 0 Å². The second-order valence-electron chi connectivity index (χ2n) is 6.19. The van der Waals surface area contributed by atoms with Crippen molar-refractivity contribution in [2.45, 2.75) is 20.3 Å². The zero-order chi connectivity index (χ0) is 14.9. The molecule has 0 spiro atoms. The van der Waals surface area contributed by atoms with E-state index in [9.17, 15) is 9.59 Å². The number of rotatable bonds is 4. The smallest absolute Gasteiger partial charge is 0.307 e. The standard InChI is InChI=1S/C14H21N3O3/c1-14(2)10(11(14)13(19)20)12(18)17-8-6-16(7-9-17)5-3-4-15/h10-11H,3,5-9H2,1-2H3,(H,19,20)/t10-,11-/m0/s1. The zero-order valence-corrected chi connectivity index (χ0v) is 12.0. The zero-order valence-electron chi connectivity index (χ0n) is 12.0. The molecule has 1 saturated carbocycles. The van der Waals surface area contributed by atoms with Crippen LogP contribution in [0, 0.1) is 28.6 Å². The number of carbonyl (C=O) groups excluding carboxylic acids is 1. The number of hydrogen-bond donors (Lipinski definition) is 1. The fraction of sp³-hybridized carbons (Fsp3) is 0.786. The van der Waals surface area contributed by atoms with Gasteiger partial charge in [-0.1, -0.05) is 13.8 Å². The molecular formula is C14H21N3O3. The quantitative estimate of drug-likeness (QED) is 0.805. The van der Waals surface area contributed by atoms with E-state index in [0.717, 1.165) is 19.6 Å². The fourth-order valence-corrected chi connectivity index (χ4v) is 3.16. The molecule has 0 aromatic carbocycles. The summed E-state index contributed by atoms with van der Waals surface area (Å²) in [7, 11) is 0. The molecule has 1 heterocycles. The van der Waals surface area contributed by atoms with E-state index in [-0.39, 0.29) is 11.8 Å². The lowest BCUT2D eigenvalue weighted by molar-refractivity contribution is -0.142. The topological polar surface area (TPSA) is 84.6 Å². The largest absolute Gasteiger partial charge is 0.481 e. The Bertz CT molecular complexity index is 447. The van der Waals surface area contributed by atoms with Crippen LogP contribution in [0.4, 0.5) is 0 Å². The molecule has 2 rings (SSSR count). The second-order valence-corrected chi connectivity index (χ2v) is 6.19. The highest BCUT2D eigenvalue weighted by molar-refractivity contribution is 5.91. The number of carbonyl (C=O) groups is 2. The molecule has 1 aliphatic heterocycles. The number of piperazine rings is 1. The average Bonchev–Trinajstić information content (AvgIpc) is 2.99. The first kappa shape index (κ1) is 14.8. The summed E-state index contributed by atoms with van der Waals surface area (Å²) in [6, 6.07) is 2.12. The number of hydrogen-bond acceptors (Lipinski definition) is 4. The number of aliphatic carboxylic acids is 1. The summed E-state index contributed by atoms with van der Waals surface area (Å²) in [6.45, 7) is 7.21. The van der Waals surface area contributed by atoms with E-state index in [1.54, 1.807) is 4.90 Å². The van der Waals surface area contributed by atoms with Gasteiger partial charge in [-0.2, -0.15) is 5.26 Å². The highest BCUT2D eigenvalue weighted by Crippen LogP contribution is 2.59. The molecule has 6 heteroatoms. The molecule has 1 saturated heterocycles. The lowest BCUT2D eigenvalue weighted by Gasteiger charge is -2.34. The number of carboxylic acids is 1. The Morgan fingerprint density at radius 3 is 2.30 bits per heavy atom. The molecule has 2 atom stereocenters. The molecule has 0 radical (unpaired) electrons. The monoisotopic (exact) mass is 279 g/mol. The lowest BCUT2D eigenvalue weighted by atomic mass is 10.1. The van der Waals surface area contributed by atoms with Gasteiger partial charge in [0.1, 0.15) is 0 Å². The minimum absolute atomic E-state index is 0.0256. The first-order chi connectivity index (χ1) is 9.39. The summed E-state index contributed by atoms with van der Waals surface area (Å²) in [4.78, 5) is 27.5. The molecule has 1 aliphatic carbocycles. The maximum atomic E-state index is 12.4. The molecule has 0 aromatic rings. The van der Waals surface area contributed by atoms with E-state index in [0.29, 0.717) is 19.5 Å². The van der Waals surface area contributed by atoms with E-state index in [4.69, 9.17) is 10.4 Å². The first-order valence-electron chi connectivity index (χ1n) is 7.00. The van der Waals surface area contributed by atoms with Crippen molar-refractivity contribution in [3.63, 3.8) is 0 Å². The van der Waals surface area contributed by atoms with Gasteiger partial charge in [0.2, 0.25) is 5.91 Å². The van der Waals surface area contributed by atoms with Crippen molar-refractivity contribution in [2.24, 2.45) is 17.3 Å². The van der Waals surface area contributed by atoms with E-state index in [1.165, 1.54) is 0 Å². The Kier molecular flexibility index (Phi) is 4.00. The molecule has 1 amide bonds. The fourth-order valence-electron chi connectivity index (χ4n) is 3.16. The van der Waals surface area contributed by atoms with Gasteiger partial charge in [-0.3, -0.25) is 14.5 Å². The second kappa shape index (κ2) is 5.41. The lowest BCUT2D eigenvalue weighted by Crippen LogP contribution is -2.49. The summed E-state index contributed by atoms with van der Waals surface area (Å²) in [6.07, 6.45) is 0.505. The van der Waals surface area contributed by atoms with Gasteiger partial charge in [0.05, 0.1) is 17.9 Å². The van der Waals surface area contributed by atoms with Crippen molar-refractivity contribution in [3.05, 3.63) is 0 Å². The van der Waals surface area contributed by atoms with E-state index in [2.05, 4.69) is 11.0 Å². The Morgan fingerprint density at radius 2 is 1.85 bits per heavy atom. The van der Waals surface area contributed by atoms with Gasteiger partial charge in [-0.25, -0.2) is 0 Å². The van der Waals surface area contributed by atoms with Gasteiger partial charge in [-0.15, -0.1) is 0 Å². The van der Waals surface area contributed by atoms with Crippen molar-refractivity contribution >= 4 is 11.9 Å². The van der Waals surface area contributed by atoms with Gasteiger partial charge in [0.15, 0.2) is 0 Å². The first-order valence-corrected chi connectivity index (χ1v) is 7.00. The summed E-state index contributed by atoms with van der Waals surface area (Å²) in [5.74, 6) is -1.83. The highest BCUT2D eigenvalue weighted by atomic mass is 16.4. The molecule has 20 heavy (non-hydrogen) atoms. The highest BCUT2D eigenvalue weighted by Gasteiger charge is 2.66. The van der Waals surface area contributed by atoms with Gasteiger partial charge in [0.25, 0.3) is 0 Å². The molecule has 6 nitrogen and oxygen atoms in total. The third-order valence-corrected chi connectivity index (χ3v) is 4.58. The predicted octanol–water partition coefficient (Wildman–Crippen LogP) is 0.401. The van der Waals surface area contributed by atoms with E-state index < -0.39 is 17.3 Å². The molecule has 2 fully saturated rings. The van der Waals surface area contributed by atoms with Crippen LogP contribution in [0.3, 0.4) is 0 Å². The van der Waals surface area contributed by atoms with E-state index in [1.807, 2.05) is 13.8 Å². The van der Waals surface area contributed by atoms with Gasteiger partial charge >= 0.3 is 5.97 Å². The molecular weight excluding hydrogens is 258 g/mol. The van der Waals surface area contributed by atoms with Crippen molar-refractivity contribution in [1.29, 1.82) is 5.26 Å². The minimum Gasteiger partial charge on any atom is -0.481 e. The van der Waals surface area contributed by atoms with Crippen LogP contribution < -0.4 is 0 Å². The van der Waals surface area contributed by atoms with Crippen LogP contribution in [0.5, 0.6) is 0 Å². The van der Waals surface area contributed by atoms with Crippen LogP contribution in [0.15, 0.2) is 0 Å². The molecule has 2 aliphatic rings. The van der Waals surface area contributed by atoms with Crippen molar-refractivity contribution in [2.75, 3.05) is 32.7 Å². The van der Waals surface area contributed by atoms with E-state index >= 15 is 0 Å². The molecule has 110 valence electrons. The molecule has 1 N–H and O–H groups in total. The maximum Gasteiger partial charge on any atom is 0.307 e.